The normalized spacial score (nSPS) is 9.83. The first kappa shape index (κ1) is 5.96. The molecule has 0 N–H and O–H groups in total. The van der Waals surface area contributed by atoms with Crippen molar-refractivity contribution in [2.24, 2.45) is 0 Å². The third kappa shape index (κ3) is 3.96. The molecule has 0 spiro atoms. The zero-order chi connectivity index (χ0) is 4.99. The number of allylic oxidation sites excluding steroid dienone is 1. The van der Waals surface area contributed by atoms with Crippen LogP contribution in [-0.4, -0.2) is 8.80 Å². The Kier molecular flexibility index (Phi) is 3.14. The minimum atomic E-state index is -0.0661. The summed E-state index contributed by atoms with van der Waals surface area (Å²) in [5, 5.41) is 0. The molecule has 0 heterocycles. The lowest BCUT2D eigenvalue weighted by Crippen LogP contribution is -1.90. The average molecular weight is 99.2 g/mol. The molecule has 0 atom stereocenters. The van der Waals surface area contributed by atoms with Gasteiger partial charge in [0.15, 0.2) is 0 Å². The second kappa shape index (κ2) is 3.16. The maximum Gasteiger partial charge on any atom is 0.337 e. The van der Waals surface area contributed by atoms with Crippen LogP contribution >= 0.6 is 0 Å². The van der Waals surface area contributed by atoms with Crippen LogP contribution in [0.3, 0.4) is 0 Å². The van der Waals surface area contributed by atoms with Crippen molar-refractivity contribution in [1.29, 1.82) is 0 Å². The second-order valence-corrected chi connectivity index (χ2v) is 4.07. The summed E-state index contributed by atoms with van der Waals surface area (Å²) < 4.78 is 0. The van der Waals surface area contributed by atoms with Crippen LogP contribution in [0.1, 0.15) is 6.92 Å². The minimum Gasteiger partial charge on any atom is -0.0602 e. The van der Waals surface area contributed by atoms with Crippen molar-refractivity contribution >= 4 is 8.80 Å². The third-order valence-electron chi connectivity index (χ3n) is 0.500. The Labute approximate surface area is 41.5 Å². The Balaban J connectivity index is 3.03. The van der Waals surface area contributed by atoms with Gasteiger partial charge in [-0.15, -0.1) is 0 Å². The van der Waals surface area contributed by atoms with Gasteiger partial charge in [-0.05, 0) is 6.92 Å². The summed E-state index contributed by atoms with van der Waals surface area (Å²) >= 11 is 0. The third-order valence-corrected chi connectivity index (χ3v) is 1.50. The van der Waals surface area contributed by atoms with E-state index in [1.54, 1.807) is 0 Å². The molecular formula is C5H11Si+. The summed E-state index contributed by atoms with van der Waals surface area (Å²) in [5.41, 5.74) is 2.27. The SMILES string of the molecule is C/C=C/[Si+](C)C. The first-order valence-corrected chi connectivity index (χ1v) is 4.78. The van der Waals surface area contributed by atoms with Crippen LogP contribution in [-0.2, 0) is 0 Å². The summed E-state index contributed by atoms with van der Waals surface area (Å²) in [4.78, 5) is 0. The van der Waals surface area contributed by atoms with Crippen LogP contribution < -0.4 is 0 Å². The highest BCUT2D eigenvalue weighted by molar-refractivity contribution is 6.61. The highest BCUT2D eigenvalue weighted by Gasteiger charge is 1.99. The van der Waals surface area contributed by atoms with Gasteiger partial charge in [-0.1, -0.05) is 6.08 Å². The van der Waals surface area contributed by atoms with Gasteiger partial charge in [0.25, 0.3) is 0 Å². The predicted molar refractivity (Wildman–Crippen MR) is 32.3 cm³/mol. The van der Waals surface area contributed by atoms with Crippen LogP contribution in [0.2, 0.25) is 13.1 Å². The van der Waals surface area contributed by atoms with Crippen molar-refractivity contribution in [2.45, 2.75) is 20.0 Å². The molecule has 0 aromatic rings. The zero-order valence-corrected chi connectivity index (χ0v) is 5.65. The molecular weight excluding hydrogens is 88.1 g/mol. The van der Waals surface area contributed by atoms with Gasteiger partial charge in [-0.2, -0.15) is 0 Å². The fraction of sp³-hybridized carbons (Fsp3) is 0.600. The van der Waals surface area contributed by atoms with Crippen LogP contribution in [0, 0.1) is 0 Å². The maximum absolute atomic E-state index is 2.27. The monoisotopic (exact) mass is 99.1 g/mol. The zero-order valence-electron chi connectivity index (χ0n) is 4.65. The molecule has 0 amide bonds. The van der Waals surface area contributed by atoms with Crippen molar-refractivity contribution in [2.75, 3.05) is 0 Å². The maximum atomic E-state index is 2.27. The standard InChI is InChI=1S/C5H11Si/c1-4-5-6(2)3/h4-5H,1-3H3/q+1/b5-4+. The molecule has 0 nitrogen and oxygen atoms in total. The largest absolute Gasteiger partial charge is 0.337 e. The predicted octanol–water partition coefficient (Wildman–Crippen LogP) is 1.86. The van der Waals surface area contributed by atoms with E-state index in [1.807, 2.05) is 0 Å². The molecule has 0 fully saturated rings. The molecule has 34 valence electrons. The lowest BCUT2D eigenvalue weighted by molar-refractivity contribution is 1.76. The molecule has 1 heteroatoms. The van der Waals surface area contributed by atoms with Crippen LogP contribution in [0.15, 0.2) is 11.8 Å². The van der Waals surface area contributed by atoms with Crippen LogP contribution in [0.4, 0.5) is 0 Å². The molecule has 0 rings (SSSR count). The van der Waals surface area contributed by atoms with Gasteiger partial charge in [-0.3, -0.25) is 0 Å². The molecule has 0 aromatic carbocycles. The van der Waals surface area contributed by atoms with E-state index >= 15 is 0 Å². The molecule has 0 bridgehead atoms. The Hall–Kier alpha value is -0.0431. The number of hydrogen-bond acceptors (Lipinski definition) is 0. The first-order chi connectivity index (χ1) is 2.77. The number of rotatable bonds is 1. The van der Waals surface area contributed by atoms with E-state index in [4.69, 9.17) is 0 Å². The van der Waals surface area contributed by atoms with Crippen molar-refractivity contribution < 1.29 is 0 Å². The van der Waals surface area contributed by atoms with Gasteiger partial charge in [0.1, 0.15) is 0 Å². The molecule has 0 unspecified atom stereocenters. The van der Waals surface area contributed by atoms with E-state index in [2.05, 4.69) is 31.8 Å². The summed E-state index contributed by atoms with van der Waals surface area (Å²) in [6, 6.07) is 0. The van der Waals surface area contributed by atoms with Gasteiger partial charge in [0.05, 0.1) is 18.8 Å². The highest BCUT2D eigenvalue weighted by atomic mass is 28.3. The van der Waals surface area contributed by atoms with E-state index in [0.717, 1.165) is 0 Å². The molecule has 0 aliphatic heterocycles. The summed E-state index contributed by atoms with van der Waals surface area (Å²) in [7, 11) is -0.0661. The fourth-order valence-corrected chi connectivity index (χ4v) is 1.00. The Morgan fingerprint density at radius 3 is 1.83 bits per heavy atom. The quantitative estimate of drug-likeness (QED) is 0.440. The van der Waals surface area contributed by atoms with E-state index < -0.39 is 0 Å². The summed E-state index contributed by atoms with van der Waals surface area (Å²) in [5.74, 6) is 0. The highest BCUT2D eigenvalue weighted by Crippen LogP contribution is 1.78. The smallest absolute Gasteiger partial charge is 0.0602 e. The summed E-state index contributed by atoms with van der Waals surface area (Å²) in [6.45, 7) is 6.60. The van der Waals surface area contributed by atoms with Crippen LogP contribution in [0.25, 0.3) is 0 Å². The van der Waals surface area contributed by atoms with Gasteiger partial charge in [0, 0.05) is 0 Å². The average Bonchev–Trinajstić information content (AvgIpc) is 1.35. The van der Waals surface area contributed by atoms with Gasteiger partial charge < -0.3 is 0 Å². The van der Waals surface area contributed by atoms with Gasteiger partial charge in [0.2, 0.25) is 0 Å². The van der Waals surface area contributed by atoms with E-state index in [9.17, 15) is 0 Å². The van der Waals surface area contributed by atoms with E-state index in [-0.39, 0.29) is 8.80 Å². The van der Waals surface area contributed by atoms with Crippen LogP contribution in [0.5, 0.6) is 0 Å². The molecule has 0 aromatic heterocycles. The topological polar surface area (TPSA) is 0 Å². The summed E-state index contributed by atoms with van der Waals surface area (Å²) in [6.07, 6.45) is 2.12. The molecule has 0 radical (unpaired) electrons. The number of hydrogen-bond donors (Lipinski definition) is 0. The lowest BCUT2D eigenvalue weighted by Gasteiger charge is -1.66. The Bertz CT molecular complexity index is 45.9. The van der Waals surface area contributed by atoms with Crippen molar-refractivity contribution in [3.63, 3.8) is 0 Å². The van der Waals surface area contributed by atoms with Crippen molar-refractivity contribution in [3.8, 4) is 0 Å². The lowest BCUT2D eigenvalue weighted by atomic mass is 10.8. The first-order valence-electron chi connectivity index (χ1n) is 2.20. The Morgan fingerprint density at radius 2 is 1.83 bits per heavy atom. The van der Waals surface area contributed by atoms with Gasteiger partial charge in [-0.25, -0.2) is 0 Å². The van der Waals surface area contributed by atoms with E-state index in [0.29, 0.717) is 0 Å². The molecule has 0 saturated heterocycles. The van der Waals surface area contributed by atoms with Gasteiger partial charge >= 0.3 is 8.80 Å². The molecule has 6 heavy (non-hydrogen) atoms. The molecule has 0 saturated carbocycles. The fourth-order valence-electron chi connectivity index (χ4n) is 0.333. The molecule has 0 aliphatic carbocycles. The van der Waals surface area contributed by atoms with Crippen molar-refractivity contribution in [1.82, 2.24) is 0 Å². The molecule has 0 aliphatic rings. The van der Waals surface area contributed by atoms with E-state index in [1.165, 1.54) is 0 Å². The second-order valence-electron chi connectivity index (χ2n) is 1.58. The Morgan fingerprint density at radius 1 is 1.33 bits per heavy atom. The minimum absolute atomic E-state index is 0.0661. The van der Waals surface area contributed by atoms with Crippen molar-refractivity contribution in [3.05, 3.63) is 11.8 Å².